The first-order valence-electron chi connectivity index (χ1n) is 6.41. The van der Waals surface area contributed by atoms with Crippen LogP contribution in [-0.4, -0.2) is 41.1 Å². The molecule has 1 N–H and O–H groups in total. The van der Waals surface area contributed by atoms with E-state index in [4.69, 9.17) is 9.84 Å². The van der Waals surface area contributed by atoms with Crippen molar-refractivity contribution in [1.82, 2.24) is 4.90 Å². The normalized spacial score (nSPS) is 19.7. The second kappa shape index (κ2) is 5.90. The zero-order valence-electron chi connectivity index (χ0n) is 11.1. The summed E-state index contributed by atoms with van der Waals surface area (Å²) in [4.78, 5) is 24.4. The lowest BCUT2D eigenvalue weighted by molar-refractivity contribution is -0.142. The van der Waals surface area contributed by atoms with E-state index in [0.29, 0.717) is 13.0 Å². The number of hydrogen-bond acceptors (Lipinski definition) is 3. The SMILES string of the molecule is C[C@H](Oc1cccc(F)c1)C(=O)N1CC[C@@H](C(=O)O)C1. The molecular weight excluding hydrogens is 265 g/mol. The minimum atomic E-state index is -0.890. The molecule has 6 heteroatoms. The summed E-state index contributed by atoms with van der Waals surface area (Å²) in [7, 11) is 0. The number of carbonyl (C=O) groups is 2. The average molecular weight is 281 g/mol. The molecule has 0 bridgehead atoms. The van der Waals surface area contributed by atoms with E-state index in [9.17, 15) is 14.0 Å². The smallest absolute Gasteiger partial charge is 0.308 e. The van der Waals surface area contributed by atoms with Crippen molar-refractivity contribution >= 4 is 11.9 Å². The molecule has 0 saturated carbocycles. The van der Waals surface area contributed by atoms with Gasteiger partial charge in [-0.2, -0.15) is 0 Å². The molecule has 0 radical (unpaired) electrons. The lowest BCUT2D eigenvalue weighted by Crippen LogP contribution is -2.39. The predicted octanol–water partition coefficient (Wildman–Crippen LogP) is 1.53. The molecule has 1 saturated heterocycles. The van der Waals surface area contributed by atoms with Crippen molar-refractivity contribution in [3.05, 3.63) is 30.1 Å². The Morgan fingerprint density at radius 3 is 2.85 bits per heavy atom. The topological polar surface area (TPSA) is 66.8 Å². The number of likely N-dealkylation sites (tertiary alicyclic amines) is 1. The molecule has 1 heterocycles. The first-order chi connectivity index (χ1) is 9.47. The summed E-state index contributed by atoms with van der Waals surface area (Å²) >= 11 is 0. The van der Waals surface area contributed by atoms with Crippen molar-refractivity contribution in [1.29, 1.82) is 0 Å². The number of benzene rings is 1. The van der Waals surface area contributed by atoms with Crippen LogP contribution in [0.2, 0.25) is 0 Å². The van der Waals surface area contributed by atoms with Gasteiger partial charge >= 0.3 is 5.97 Å². The lowest BCUT2D eigenvalue weighted by Gasteiger charge is -2.21. The summed E-state index contributed by atoms with van der Waals surface area (Å²) in [6.07, 6.45) is -0.322. The summed E-state index contributed by atoms with van der Waals surface area (Å²) in [5.41, 5.74) is 0. The van der Waals surface area contributed by atoms with Crippen molar-refractivity contribution in [2.24, 2.45) is 5.92 Å². The molecule has 1 fully saturated rings. The van der Waals surface area contributed by atoms with Crippen molar-refractivity contribution in [2.75, 3.05) is 13.1 Å². The van der Waals surface area contributed by atoms with Gasteiger partial charge in [0.1, 0.15) is 11.6 Å². The van der Waals surface area contributed by atoms with Crippen molar-refractivity contribution in [3.63, 3.8) is 0 Å². The first kappa shape index (κ1) is 14.3. The van der Waals surface area contributed by atoms with Gasteiger partial charge in [-0.1, -0.05) is 6.07 Å². The number of hydrogen-bond donors (Lipinski definition) is 1. The minimum Gasteiger partial charge on any atom is -0.481 e. The van der Waals surface area contributed by atoms with E-state index in [1.165, 1.54) is 23.1 Å². The molecule has 1 amide bonds. The number of nitrogens with zero attached hydrogens (tertiary/aromatic N) is 1. The van der Waals surface area contributed by atoms with Crippen molar-refractivity contribution in [3.8, 4) is 5.75 Å². The Balaban J connectivity index is 1.94. The third kappa shape index (κ3) is 3.26. The highest BCUT2D eigenvalue weighted by molar-refractivity contribution is 5.82. The third-order valence-corrected chi connectivity index (χ3v) is 3.31. The minimum absolute atomic E-state index is 0.199. The van der Waals surface area contributed by atoms with Crippen molar-refractivity contribution < 1.29 is 23.8 Å². The van der Waals surface area contributed by atoms with E-state index in [1.807, 2.05) is 0 Å². The van der Waals surface area contributed by atoms with Gasteiger partial charge in [-0.25, -0.2) is 4.39 Å². The van der Waals surface area contributed by atoms with Crippen LogP contribution in [0.1, 0.15) is 13.3 Å². The van der Waals surface area contributed by atoms with E-state index in [1.54, 1.807) is 13.0 Å². The Hall–Kier alpha value is -2.11. The Bertz CT molecular complexity index is 520. The fourth-order valence-corrected chi connectivity index (χ4v) is 2.21. The lowest BCUT2D eigenvalue weighted by atomic mass is 10.1. The first-order valence-corrected chi connectivity index (χ1v) is 6.41. The van der Waals surface area contributed by atoms with E-state index in [-0.39, 0.29) is 18.2 Å². The molecule has 0 spiro atoms. The highest BCUT2D eigenvalue weighted by Gasteiger charge is 2.33. The van der Waals surface area contributed by atoms with Gasteiger partial charge in [0.2, 0.25) is 0 Å². The Morgan fingerprint density at radius 1 is 1.50 bits per heavy atom. The molecule has 1 aliphatic heterocycles. The van der Waals surface area contributed by atoms with Gasteiger partial charge in [0, 0.05) is 19.2 Å². The van der Waals surface area contributed by atoms with E-state index in [0.717, 1.165) is 0 Å². The largest absolute Gasteiger partial charge is 0.481 e. The number of carboxylic acid groups (broad SMARTS) is 1. The predicted molar refractivity (Wildman–Crippen MR) is 68.8 cm³/mol. The maximum atomic E-state index is 13.0. The fourth-order valence-electron chi connectivity index (χ4n) is 2.21. The summed E-state index contributed by atoms with van der Waals surface area (Å²) in [6.45, 7) is 2.18. The molecule has 1 aliphatic rings. The quantitative estimate of drug-likeness (QED) is 0.908. The molecule has 0 aliphatic carbocycles. The van der Waals surface area contributed by atoms with Gasteiger partial charge in [-0.3, -0.25) is 9.59 Å². The highest BCUT2D eigenvalue weighted by Crippen LogP contribution is 2.19. The molecular formula is C14H16FNO4. The maximum absolute atomic E-state index is 13.0. The fraction of sp³-hybridized carbons (Fsp3) is 0.429. The standard InChI is InChI=1S/C14H16FNO4/c1-9(20-12-4-2-3-11(15)7-12)13(17)16-6-5-10(8-16)14(18)19/h2-4,7,9-10H,5-6,8H2,1H3,(H,18,19)/t9-,10+/m0/s1. The summed E-state index contributed by atoms with van der Waals surface area (Å²) < 4.78 is 18.4. The van der Waals surface area contributed by atoms with Crippen LogP contribution in [0.15, 0.2) is 24.3 Å². The van der Waals surface area contributed by atoms with Crippen LogP contribution >= 0.6 is 0 Å². The van der Waals surface area contributed by atoms with Crippen LogP contribution in [0.3, 0.4) is 0 Å². The molecule has 2 rings (SSSR count). The van der Waals surface area contributed by atoms with E-state index in [2.05, 4.69) is 0 Å². The molecule has 1 aromatic carbocycles. The average Bonchev–Trinajstić information content (AvgIpc) is 2.87. The number of carbonyl (C=O) groups excluding carboxylic acids is 1. The molecule has 1 aromatic rings. The second-order valence-electron chi connectivity index (χ2n) is 4.83. The van der Waals surface area contributed by atoms with E-state index >= 15 is 0 Å². The number of aliphatic carboxylic acids is 1. The number of rotatable bonds is 4. The Labute approximate surface area is 116 Å². The van der Waals surface area contributed by atoms with Gasteiger partial charge < -0.3 is 14.7 Å². The van der Waals surface area contributed by atoms with Crippen LogP contribution in [0.25, 0.3) is 0 Å². The van der Waals surface area contributed by atoms with Gasteiger partial charge in [0.25, 0.3) is 5.91 Å². The molecule has 0 unspecified atom stereocenters. The van der Waals surface area contributed by atoms with Crippen LogP contribution in [0, 0.1) is 11.7 Å². The van der Waals surface area contributed by atoms with Gasteiger partial charge in [0.15, 0.2) is 6.10 Å². The molecule has 5 nitrogen and oxygen atoms in total. The molecule has 108 valence electrons. The van der Waals surface area contributed by atoms with Gasteiger partial charge in [-0.15, -0.1) is 0 Å². The summed E-state index contributed by atoms with van der Waals surface area (Å²) in [5.74, 6) is -1.84. The van der Waals surface area contributed by atoms with Crippen LogP contribution in [0.4, 0.5) is 4.39 Å². The maximum Gasteiger partial charge on any atom is 0.308 e. The van der Waals surface area contributed by atoms with Crippen LogP contribution < -0.4 is 4.74 Å². The van der Waals surface area contributed by atoms with Gasteiger partial charge in [0.05, 0.1) is 5.92 Å². The zero-order valence-corrected chi connectivity index (χ0v) is 11.1. The summed E-state index contributed by atoms with van der Waals surface area (Å²) in [5, 5.41) is 8.91. The zero-order chi connectivity index (χ0) is 14.7. The van der Waals surface area contributed by atoms with Crippen LogP contribution in [0.5, 0.6) is 5.75 Å². The Kier molecular flexibility index (Phi) is 4.22. The number of halogens is 1. The van der Waals surface area contributed by atoms with Crippen molar-refractivity contribution in [2.45, 2.75) is 19.4 Å². The molecule has 20 heavy (non-hydrogen) atoms. The monoisotopic (exact) mass is 281 g/mol. The van der Waals surface area contributed by atoms with Gasteiger partial charge in [-0.05, 0) is 25.5 Å². The number of ether oxygens (including phenoxy) is 1. The Morgan fingerprint density at radius 2 is 2.25 bits per heavy atom. The molecule has 0 aromatic heterocycles. The van der Waals surface area contributed by atoms with E-state index < -0.39 is 23.8 Å². The second-order valence-corrected chi connectivity index (χ2v) is 4.83. The highest BCUT2D eigenvalue weighted by atomic mass is 19.1. The number of amides is 1. The summed E-state index contributed by atoms with van der Waals surface area (Å²) in [6, 6.07) is 5.56. The number of carboxylic acids is 1. The molecule has 2 atom stereocenters. The third-order valence-electron chi connectivity index (χ3n) is 3.31. The van der Waals surface area contributed by atoms with Crippen LogP contribution in [-0.2, 0) is 9.59 Å².